The number of nitrogens with one attached hydrogen (secondary N) is 1. The summed E-state index contributed by atoms with van der Waals surface area (Å²) < 4.78 is 2.39. The van der Waals surface area contributed by atoms with Gasteiger partial charge in [-0.15, -0.1) is 0 Å². The molecule has 1 unspecified atom stereocenters. The van der Waals surface area contributed by atoms with Gasteiger partial charge in [0.1, 0.15) is 0 Å². The van der Waals surface area contributed by atoms with Gasteiger partial charge in [0.25, 0.3) is 5.91 Å². The Morgan fingerprint density at radius 2 is 1.91 bits per heavy atom. The fourth-order valence-electron chi connectivity index (χ4n) is 4.28. The van der Waals surface area contributed by atoms with Gasteiger partial charge >= 0.3 is 0 Å². The summed E-state index contributed by atoms with van der Waals surface area (Å²) in [7, 11) is 0. The quantitative estimate of drug-likeness (QED) is 0.873. The molecule has 1 amide bonds. The van der Waals surface area contributed by atoms with Gasteiger partial charge < -0.3 is 15.6 Å². The first-order valence-electron chi connectivity index (χ1n) is 9.17. The number of amides is 1. The summed E-state index contributed by atoms with van der Waals surface area (Å²) in [6.45, 7) is 6.81. The van der Waals surface area contributed by atoms with E-state index in [-0.39, 0.29) is 11.4 Å². The van der Waals surface area contributed by atoms with Crippen molar-refractivity contribution in [3.8, 4) is 0 Å². The molecule has 2 saturated carbocycles. The summed E-state index contributed by atoms with van der Waals surface area (Å²) in [4.78, 5) is 12.8. The van der Waals surface area contributed by atoms with Gasteiger partial charge in [-0.1, -0.05) is 19.3 Å². The van der Waals surface area contributed by atoms with E-state index in [0.717, 1.165) is 11.3 Å². The lowest BCUT2D eigenvalue weighted by Gasteiger charge is -2.30. The van der Waals surface area contributed by atoms with Crippen LogP contribution in [-0.4, -0.2) is 22.6 Å². The smallest absolute Gasteiger partial charge is 0.253 e. The monoisotopic (exact) mass is 317 g/mol. The molecule has 0 spiro atoms. The molecule has 0 aliphatic heterocycles. The van der Waals surface area contributed by atoms with Crippen molar-refractivity contribution in [2.24, 2.45) is 11.7 Å². The second kappa shape index (κ2) is 6.31. The standard InChI is InChI=1S/C19H31N3O/c1-13-11-17(14(2)22(13)16-7-5-4-6-8-16)18(23)21-19(3,12-20)15-9-10-15/h11,15-16H,4-10,12,20H2,1-3H3,(H,21,23). The maximum Gasteiger partial charge on any atom is 0.253 e. The number of rotatable bonds is 5. The van der Waals surface area contributed by atoms with Gasteiger partial charge in [0, 0.05) is 24.0 Å². The highest BCUT2D eigenvalue weighted by atomic mass is 16.1. The van der Waals surface area contributed by atoms with Crippen molar-refractivity contribution in [3.05, 3.63) is 23.0 Å². The number of carbonyl (C=O) groups is 1. The predicted octanol–water partition coefficient (Wildman–Crippen LogP) is 3.47. The van der Waals surface area contributed by atoms with Crippen molar-refractivity contribution in [1.82, 2.24) is 9.88 Å². The van der Waals surface area contributed by atoms with Gasteiger partial charge in [-0.05, 0) is 58.4 Å². The van der Waals surface area contributed by atoms with Crippen LogP contribution in [0, 0.1) is 19.8 Å². The molecule has 0 saturated heterocycles. The van der Waals surface area contributed by atoms with Crippen LogP contribution in [0.15, 0.2) is 6.07 Å². The highest BCUT2D eigenvalue weighted by Crippen LogP contribution is 2.39. The van der Waals surface area contributed by atoms with Crippen LogP contribution < -0.4 is 11.1 Å². The van der Waals surface area contributed by atoms with Crippen LogP contribution in [0.2, 0.25) is 0 Å². The minimum Gasteiger partial charge on any atom is -0.345 e. The van der Waals surface area contributed by atoms with E-state index >= 15 is 0 Å². The van der Waals surface area contributed by atoms with E-state index in [1.807, 2.05) is 0 Å². The molecular weight excluding hydrogens is 286 g/mol. The average molecular weight is 317 g/mol. The molecule has 1 aromatic rings. The number of hydrogen-bond donors (Lipinski definition) is 2. The minimum atomic E-state index is -0.260. The minimum absolute atomic E-state index is 0.0417. The lowest BCUT2D eigenvalue weighted by atomic mass is 9.94. The van der Waals surface area contributed by atoms with Crippen LogP contribution in [0.5, 0.6) is 0 Å². The molecule has 0 aromatic carbocycles. The second-order valence-electron chi connectivity index (χ2n) is 7.80. The van der Waals surface area contributed by atoms with E-state index in [9.17, 15) is 4.79 Å². The van der Waals surface area contributed by atoms with E-state index < -0.39 is 0 Å². The number of aromatic nitrogens is 1. The van der Waals surface area contributed by atoms with Crippen molar-refractivity contribution in [2.45, 2.75) is 77.3 Å². The van der Waals surface area contributed by atoms with E-state index in [4.69, 9.17) is 5.73 Å². The molecule has 2 aliphatic rings. The molecule has 0 radical (unpaired) electrons. The molecular formula is C19H31N3O. The van der Waals surface area contributed by atoms with Crippen LogP contribution in [-0.2, 0) is 0 Å². The number of hydrogen-bond acceptors (Lipinski definition) is 2. The summed E-state index contributed by atoms with van der Waals surface area (Å²) in [5, 5.41) is 3.23. The third kappa shape index (κ3) is 3.18. The molecule has 128 valence electrons. The number of carbonyl (C=O) groups excluding carboxylic acids is 1. The fourth-order valence-corrected chi connectivity index (χ4v) is 4.28. The normalized spacial score (nSPS) is 21.9. The molecule has 2 aliphatic carbocycles. The van der Waals surface area contributed by atoms with Crippen LogP contribution >= 0.6 is 0 Å². The van der Waals surface area contributed by atoms with Gasteiger partial charge in [-0.3, -0.25) is 4.79 Å². The number of nitrogens with two attached hydrogens (primary N) is 1. The maximum absolute atomic E-state index is 12.8. The Balaban J connectivity index is 1.81. The molecule has 3 rings (SSSR count). The van der Waals surface area contributed by atoms with Crippen molar-refractivity contribution in [2.75, 3.05) is 6.54 Å². The van der Waals surface area contributed by atoms with E-state index in [2.05, 4.69) is 36.7 Å². The van der Waals surface area contributed by atoms with E-state index in [1.165, 1.54) is 50.6 Å². The number of aryl methyl sites for hydroxylation is 1. The van der Waals surface area contributed by atoms with E-state index in [0.29, 0.717) is 18.5 Å². The highest BCUT2D eigenvalue weighted by Gasteiger charge is 2.42. The molecule has 1 atom stereocenters. The molecule has 1 aromatic heterocycles. The van der Waals surface area contributed by atoms with Gasteiger partial charge in [0.15, 0.2) is 0 Å². The summed E-state index contributed by atoms with van der Waals surface area (Å²) in [5.74, 6) is 0.582. The Hall–Kier alpha value is -1.29. The molecule has 0 bridgehead atoms. The van der Waals surface area contributed by atoms with E-state index in [1.54, 1.807) is 0 Å². The molecule has 23 heavy (non-hydrogen) atoms. The molecule has 4 nitrogen and oxygen atoms in total. The van der Waals surface area contributed by atoms with Crippen molar-refractivity contribution in [1.29, 1.82) is 0 Å². The zero-order valence-corrected chi connectivity index (χ0v) is 14.8. The van der Waals surface area contributed by atoms with Gasteiger partial charge in [-0.2, -0.15) is 0 Å². The first-order chi connectivity index (χ1) is 11.0. The zero-order chi connectivity index (χ0) is 16.6. The van der Waals surface area contributed by atoms with Crippen LogP contribution in [0.25, 0.3) is 0 Å². The van der Waals surface area contributed by atoms with Crippen LogP contribution in [0.1, 0.15) is 79.7 Å². The predicted molar refractivity (Wildman–Crippen MR) is 93.7 cm³/mol. The molecule has 1 heterocycles. The van der Waals surface area contributed by atoms with Gasteiger partial charge in [0.05, 0.1) is 11.1 Å². The summed E-state index contributed by atoms with van der Waals surface area (Å²) in [6, 6.07) is 2.62. The Labute approximate surface area is 139 Å². The molecule has 2 fully saturated rings. The maximum atomic E-state index is 12.8. The topological polar surface area (TPSA) is 60.1 Å². The zero-order valence-electron chi connectivity index (χ0n) is 14.8. The lowest BCUT2D eigenvalue weighted by Crippen LogP contribution is -2.53. The average Bonchev–Trinajstić information content (AvgIpc) is 3.35. The molecule has 3 N–H and O–H groups in total. The van der Waals surface area contributed by atoms with Crippen molar-refractivity contribution >= 4 is 5.91 Å². The van der Waals surface area contributed by atoms with Crippen molar-refractivity contribution in [3.63, 3.8) is 0 Å². The molecule has 4 heteroatoms. The Morgan fingerprint density at radius 3 is 2.48 bits per heavy atom. The largest absolute Gasteiger partial charge is 0.345 e. The second-order valence-corrected chi connectivity index (χ2v) is 7.80. The SMILES string of the molecule is Cc1cc(C(=O)NC(C)(CN)C2CC2)c(C)n1C1CCCCC1. The lowest BCUT2D eigenvalue weighted by molar-refractivity contribution is 0.0897. The summed E-state index contributed by atoms with van der Waals surface area (Å²) in [6.07, 6.45) is 8.77. The Morgan fingerprint density at radius 1 is 1.26 bits per heavy atom. The first-order valence-corrected chi connectivity index (χ1v) is 9.17. The first kappa shape index (κ1) is 16.6. The van der Waals surface area contributed by atoms with Gasteiger partial charge in [-0.25, -0.2) is 0 Å². The Bertz CT molecular complexity index is 582. The van der Waals surface area contributed by atoms with Crippen LogP contribution in [0.3, 0.4) is 0 Å². The van der Waals surface area contributed by atoms with Crippen molar-refractivity contribution < 1.29 is 4.79 Å². The third-order valence-corrected chi connectivity index (χ3v) is 5.97. The highest BCUT2D eigenvalue weighted by molar-refractivity contribution is 5.96. The van der Waals surface area contributed by atoms with Gasteiger partial charge in [0.2, 0.25) is 0 Å². The fraction of sp³-hybridized carbons (Fsp3) is 0.737. The third-order valence-electron chi connectivity index (χ3n) is 5.97. The summed E-state index contributed by atoms with van der Waals surface area (Å²) in [5.41, 5.74) is 8.83. The summed E-state index contributed by atoms with van der Waals surface area (Å²) >= 11 is 0. The number of nitrogens with zero attached hydrogens (tertiary/aromatic N) is 1. The Kier molecular flexibility index (Phi) is 4.54. The van der Waals surface area contributed by atoms with Crippen LogP contribution in [0.4, 0.5) is 0 Å².